The molecule has 2 fully saturated rings. The van der Waals surface area contributed by atoms with Crippen molar-refractivity contribution in [2.75, 3.05) is 36.4 Å². The van der Waals surface area contributed by atoms with E-state index in [1.807, 2.05) is 6.07 Å². The number of aromatic nitrogens is 2. The second-order valence-electron chi connectivity index (χ2n) is 9.13. The zero-order valence-electron chi connectivity index (χ0n) is 21.7. The van der Waals surface area contributed by atoms with Gasteiger partial charge in [-0.25, -0.2) is 32.3 Å². The van der Waals surface area contributed by atoms with Gasteiger partial charge < -0.3 is 20.6 Å². The van der Waals surface area contributed by atoms with Crippen molar-refractivity contribution in [3.05, 3.63) is 41.7 Å². The van der Waals surface area contributed by atoms with Crippen molar-refractivity contribution >= 4 is 29.1 Å². The van der Waals surface area contributed by atoms with E-state index in [0.29, 0.717) is 24.2 Å². The quantitative estimate of drug-likeness (QED) is 0.357. The van der Waals surface area contributed by atoms with E-state index >= 15 is 0 Å². The Hall–Kier alpha value is -3.70. The smallest absolute Gasteiger partial charge is 0.475 e. The Kier molecular flexibility index (Phi) is 11.5. The van der Waals surface area contributed by atoms with Gasteiger partial charge in [-0.3, -0.25) is 4.79 Å². The van der Waals surface area contributed by atoms with Gasteiger partial charge in [-0.15, -0.1) is 0 Å². The van der Waals surface area contributed by atoms with Crippen molar-refractivity contribution in [2.24, 2.45) is 0 Å². The van der Waals surface area contributed by atoms with Crippen LogP contribution in [0.25, 0.3) is 0 Å². The number of Topliss-reactive ketones (excluding diaryl/α,β-unsaturated/α-hetero) is 1. The zero-order valence-corrected chi connectivity index (χ0v) is 21.7. The topological polar surface area (TPSA) is 107 Å². The van der Waals surface area contributed by atoms with Crippen LogP contribution < -0.4 is 15.5 Å². The van der Waals surface area contributed by atoms with Crippen LogP contribution in [0, 0.1) is 0 Å². The number of hydrogen-bond acceptors (Lipinski definition) is 7. The Balaban J connectivity index is 0.000000367. The molecule has 0 saturated carbocycles. The highest BCUT2D eigenvalue weighted by molar-refractivity contribution is 5.81. The number of aliphatic carboxylic acids is 1. The summed E-state index contributed by atoms with van der Waals surface area (Å²) in [6.07, 6.45) is -9.34. The molecule has 0 unspecified atom stereocenters. The van der Waals surface area contributed by atoms with E-state index in [-0.39, 0.29) is 24.6 Å². The molecule has 0 aromatic carbocycles. The third-order valence-corrected chi connectivity index (χ3v) is 5.73. The molecule has 0 bridgehead atoms. The molecule has 18 heteroatoms. The van der Waals surface area contributed by atoms with Crippen LogP contribution in [0.4, 0.5) is 61.2 Å². The van der Waals surface area contributed by atoms with Gasteiger partial charge >= 0.3 is 18.3 Å². The van der Waals surface area contributed by atoms with Gasteiger partial charge in [-0.1, -0.05) is 0 Å². The lowest BCUT2D eigenvalue weighted by atomic mass is 9.93. The number of carboxylic acid groups (broad SMARTS) is 1. The first kappa shape index (κ1) is 34.5. The van der Waals surface area contributed by atoms with Gasteiger partial charge in [0.05, 0.1) is 13.1 Å². The fourth-order valence-corrected chi connectivity index (χ4v) is 3.54. The van der Waals surface area contributed by atoms with Crippen LogP contribution in [0.15, 0.2) is 30.5 Å². The van der Waals surface area contributed by atoms with Crippen LogP contribution in [-0.2, 0) is 9.59 Å². The number of alkyl halides is 10. The Bertz CT molecular complexity index is 1170. The van der Waals surface area contributed by atoms with Crippen molar-refractivity contribution in [2.45, 2.75) is 50.4 Å². The molecule has 0 atom stereocenters. The number of carbonyl (C=O) groups is 2. The molecule has 8 nitrogen and oxygen atoms in total. The Morgan fingerprint density at radius 3 is 1.98 bits per heavy atom. The van der Waals surface area contributed by atoms with Gasteiger partial charge in [0.25, 0.3) is 12.3 Å². The van der Waals surface area contributed by atoms with Gasteiger partial charge in [0.15, 0.2) is 0 Å². The number of anilines is 3. The largest absolute Gasteiger partial charge is 0.490 e. The molecular weight excluding hydrogens is 596 g/mol. The summed E-state index contributed by atoms with van der Waals surface area (Å²) in [5.74, 6) is -6.09. The highest BCUT2D eigenvalue weighted by atomic mass is 19.4. The number of halogens is 10. The highest BCUT2D eigenvalue weighted by Crippen LogP contribution is 2.36. The molecule has 2 aliphatic heterocycles. The molecule has 4 rings (SSSR count). The van der Waals surface area contributed by atoms with Gasteiger partial charge in [0.2, 0.25) is 5.78 Å². The number of carboxylic acids is 1. The zero-order chi connectivity index (χ0) is 31.9. The fraction of sp³-hybridized carbons (Fsp3) is 0.500. The summed E-state index contributed by atoms with van der Waals surface area (Å²) < 4.78 is 116. The standard InChI is InChI=1S/C19H21F4N5.C3H3F3O.C2HF3O2/c20-18(21)13-1-2-16(25-9-13)27-17-8-14(28-10-19(22,23)11-28)7-15(26-17)12-3-5-24-6-4-12;1-2(7)3(4,5)6;3-2(4,5)1(6)7/h1-2,7-9,12,18,24H,3-6,10-11H2,(H,25,26,27);1H3;(H,6,7). The number of hydrogen-bond donors (Lipinski definition) is 3. The van der Waals surface area contributed by atoms with E-state index < -0.39 is 36.5 Å². The Morgan fingerprint density at radius 2 is 1.57 bits per heavy atom. The monoisotopic (exact) mass is 621 g/mol. The average molecular weight is 621 g/mol. The molecule has 3 N–H and O–H groups in total. The van der Waals surface area contributed by atoms with Gasteiger partial charge in [-0.05, 0) is 44.1 Å². The van der Waals surface area contributed by atoms with Crippen molar-refractivity contribution < 1.29 is 58.6 Å². The molecule has 2 aromatic heterocycles. The molecule has 2 aliphatic rings. The number of ketones is 1. The first-order valence-corrected chi connectivity index (χ1v) is 12.0. The summed E-state index contributed by atoms with van der Waals surface area (Å²) in [7, 11) is 0. The summed E-state index contributed by atoms with van der Waals surface area (Å²) in [6, 6.07) is 6.33. The molecule has 234 valence electrons. The van der Waals surface area contributed by atoms with Crippen molar-refractivity contribution in [3.63, 3.8) is 0 Å². The number of piperidine rings is 1. The number of rotatable bonds is 5. The van der Waals surface area contributed by atoms with Crippen LogP contribution in [0.2, 0.25) is 0 Å². The molecule has 0 spiro atoms. The SMILES string of the molecule is CC(=O)C(F)(F)F.FC(F)c1ccc(Nc2cc(N3CC(F)(F)C3)cc(C3CCNCC3)n2)nc1.O=C(O)C(F)(F)F. The van der Waals surface area contributed by atoms with Crippen molar-refractivity contribution in [3.8, 4) is 0 Å². The van der Waals surface area contributed by atoms with Crippen molar-refractivity contribution in [1.29, 1.82) is 0 Å². The number of pyridine rings is 2. The maximum Gasteiger partial charge on any atom is 0.490 e. The summed E-state index contributed by atoms with van der Waals surface area (Å²) in [4.78, 5) is 28.5. The second kappa shape index (κ2) is 14.0. The van der Waals surface area contributed by atoms with Crippen LogP contribution in [0.1, 0.15) is 43.4 Å². The van der Waals surface area contributed by atoms with Crippen LogP contribution in [0.3, 0.4) is 0 Å². The summed E-state index contributed by atoms with van der Waals surface area (Å²) in [5.41, 5.74) is 1.37. The third-order valence-electron chi connectivity index (χ3n) is 5.73. The lowest BCUT2D eigenvalue weighted by Crippen LogP contribution is -2.56. The van der Waals surface area contributed by atoms with Crippen LogP contribution in [0.5, 0.6) is 0 Å². The van der Waals surface area contributed by atoms with E-state index in [4.69, 9.17) is 9.90 Å². The minimum absolute atomic E-state index is 0.162. The first-order chi connectivity index (χ1) is 19.3. The second-order valence-corrected chi connectivity index (χ2v) is 9.13. The molecule has 4 heterocycles. The molecule has 0 amide bonds. The maximum atomic E-state index is 13.3. The van der Waals surface area contributed by atoms with E-state index in [0.717, 1.165) is 37.8 Å². The molecule has 2 aromatic rings. The number of carbonyl (C=O) groups excluding carboxylic acids is 1. The molecule has 0 aliphatic carbocycles. The minimum atomic E-state index is -5.08. The number of nitrogens with zero attached hydrogens (tertiary/aromatic N) is 3. The predicted molar refractivity (Wildman–Crippen MR) is 129 cm³/mol. The summed E-state index contributed by atoms with van der Waals surface area (Å²) in [5, 5.41) is 13.4. The normalized spacial score (nSPS) is 16.8. The lowest BCUT2D eigenvalue weighted by molar-refractivity contribution is -0.192. The van der Waals surface area contributed by atoms with E-state index in [9.17, 15) is 48.7 Å². The van der Waals surface area contributed by atoms with Crippen molar-refractivity contribution in [1.82, 2.24) is 15.3 Å². The third kappa shape index (κ3) is 10.9. The fourth-order valence-electron chi connectivity index (χ4n) is 3.54. The summed E-state index contributed by atoms with van der Waals surface area (Å²) in [6.45, 7) is 1.63. The maximum absolute atomic E-state index is 13.3. The van der Waals surface area contributed by atoms with Crippen LogP contribution in [-0.4, -0.2) is 71.3 Å². The molecule has 42 heavy (non-hydrogen) atoms. The van der Waals surface area contributed by atoms with E-state index in [2.05, 4.69) is 20.6 Å². The lowest BCUT2D eigenvalue weighted by Gasteiger charge is -2.40. The Morgan fingerprint density at radius 1 is 1.02 bits per heavy atom. The van der Waals surface area contributed by atoms with Gasteiger partial charge in [-0.2, -0.15) is 26.3 Å². The van der Waals surface area contributed by atoms with Gasteiger partial charge in [0.1, 0.15) is 11.6 Å². The van der Waals surface area contributed by atoms with E-state index in [1.165, 1.54) is 12.1 Å². The molecular formula is C24H25F10N5O3. The van der Waals surface area contributed by atoms with Crippen LogP contribution >= 0.6 is 0 Å². The molecule has 0 radical (unpaired) electrons. The average Bonchev–Trinajstić information content (AvgIpc) is 2.87. The molecule has 2 saturated heterocycles. The minimum Gasteiger partial charge on any atom is -0.475 e. The van der Waals surface area contributed by atoms with Gasteiger partial charge in [0, 0.05) is 42.0 Å². The first-order valence-electron chi connectivity index (χ1n) is 12.0. The summed E-state index contributed by atoms with van der Waals surface area (Å²) >= 11 is 0. The Labute approximate surface area is 232 Å². The number of nitrogens with one attached hydrogen (secondary N) is 2. The highest BCUT2D eigenvalue weighted by Gasteiger charge is 2.44. The predicted octanol–water partition coefficient (Wildman–Crippen LogP) is 5.85. The van der Waals surface area contributed by atoms with E-state index in [1.54, 1.807) is 11.0 Å².